The normalized spacial score (nSPS) is 17.0. The molecule has 0 saturated carbocycles. The van der Waals surface area contributed by atoms with E-state index >= 15 is 0 Å². The quantitative estimate of drug-likeness (QED) is 0.689. The molecule has 1 aliphatic heterocycles. The van der Waals surface area contributed by atoms with Crippen molar-refractivity contribution < 1.29 is 9.53 Å². The van der Waals surface area contributed by atoms with Crippen molar-refractivity contribution in [3.63, 3.8) is 0 Å². The first kappa shape index (κ1) is 18.7. The first-order chi connectivity index (χ1) is 13.7. The maximum absolute atomic E-state index is 11.9. The van der Waals surface area contributed by atoms with Crippen molar-refractivity contribution in [2.24, 2.45) is 4.99 Å². The van der Waals surface area contributed by atoms with E-state index in [0.29, 0.717) is 6.54 Å². The fourth-order valence-corrected chi connectivity index (χ4v) is 4.53. The molecule has 1 saturated heterocycles. The van der Waals surface area contributed by atoms with Gasteiger partial charge in [-0.1, -0.05) is 59.9 Å². The number of carbonyl (C=O) groups excluding carboxylic acids is 1. The minimum atomic E-state index is -0.0889. The average molecular weight is 394 g/mol. The number of nitrogens with zero attached hydrogens (tertiary/aromatic N) is 2. The number of hydrogen-bond acceptors (Lipinski definition) is 4. The molecule has 2 heterocycles. The first-order valence-corrected chi connectivity index (χ1v) is 10.3. The van der Waals surface area contributed by atoms with Crippen LogP contribution in [0.1, 0.15) is 19.8 Å². The van der Waals surface area contributed by atoms with E-state index in [-0.39, 0.29) is 12.0 Å². The highest BCUT2D eigenvalue weighted by Crippen LogP contribution is 2.32. The van der Waals surface area contributed by atoms with E-state index in [9.17, 15) is 4.79 Å². The van der Waals surface area contributed by atoms with Crippen LogP contribution < -0.4 is 10.1 Å². The molecule has 0 bridgehead atoms. The summed E-state index contributed by atoms with van der Waals surface area (Å²) in [6, 6.07) is 20.0. The SMILES string of the molecule is CC(=O)Nc1sc(=Nc2ccccc2)n(CC2CCCO2)c1-c1ccccc1. The Morgan fingerprint density at radius 3 is 2.54 bits per heavy atom. The van der Waals surface area contributed by atoms with Gasteiger partial charge >= 0.3 is 0 Å². The van der Waals surface area contributed by atoms with E-state index in [1.165, 1.54) is 18.3 Å². The molecule has 1 aliphatic rings. The van der Waals surface area contributed by atoms with Gasteiger partial charge in [0.25, 0.3) is 0 Å². The second-order valence-electron chi connectivity index (χ2n) is 6.80. The molecule has 0 radical (unpaired) electrons. The zero-order chi connectivity index (χ0) is 19.3. The third-order valence-corrected chi connectivity index (χ3v) is 5.63. The van der Waals surface area contributed by atoms with Gasteiger partial charge in [0.05, 0.1) is 24.0 Å². The van der Waals surface area contributed by atoms with Crippen LogP contribution in [0.5, 0.6) is 0 Å². The Hall–Kier alpha value is -2.70. The van der Waals surface area contributed by atoms with Crippen LogP contribution in [0.25, 0.3) is 11.3 Å². The zero-order valence-corrected chi connectivity index (χ0v) is 16.6. The second kappa shape index (κ2) is 8.54. The highest BCUT2D eigenvalue weighted by Gasteiger charge is 2.22. The van der Waals surface area contributed by atoms with Crippen molar-refractivity contribution in [3.05, 3.63) is 65.5 Å². The summed E-state index contributed by atoms with van der Waals surface area (Å²) in [5, 5.41) is 3.81. The Balaban J connectivity index is 1.90. The first-order valence-electron chi connectivity index (χ1n) is 9.49. The van der Waals surface area contributed by atoms with Crippen molar-refractivity contribution in [1.82, 2.24) is 4.57 Å². The molecule has 5 nitrogen and oxygen atoms in total. The summed E-state index contributed by atoms with van der Waals surface area (Å²) >= 11 is 1.50. The summed E-state index contributed by atoms with van der Waals surface area (Å²) in [4.78, 5) is 17.6. The minimum absolute atomic E-state index is 0.0889. The molecule has 144 valence electrons. The third kappa shape index (κ3) is 4.24. The summed E-state index contributed by atoms with van der Waals surface area (Å²) in [7, 11) is 0. The molecule has 1 unspecified atom stereocenters. The largest absolute Gasteiger partial charge is 0.376 e. The van der Waals surface area contributed by atoms with Crippen LogP contribution in [0, 0.1) is 0 Å². The van der Waals surface area contributed by atoms with Crippen LogP contribution >= 0.6 is 11.3 Å². The lowest BCUT2D eigenvalue weighted by Crippen LogP contribution is -2.24. The Morgan fingerprint density at radius 2 is 1.89 bits per heavy atom. The van der Waals surface area contributed by atoms with Crippen molar-refractivity contribution in [3.8, 4) is 11.3 Å². The number of benzene rings is 2. The lowest BCUT2D eigenvalue weighted by atomic mass is 10.1. The molecular formula is C22H23N3O2S. The predicted octanol–water partition coefficient (Wildman–Crippen LogP) is 4.59. The summed E-state index contributed by atoms with van der Waals surface area (Å²) in [5.41, 5.74) is 2.92. The molecule has 1 aromatic heterocycles. The van der Waals surface area contributed by atoms with E-state index in [0.717, 1.165) is 46.2 Å². The lowest BCUT2D eigenvalue weighted by molar-refractivity contribution is -0.114. The summed E-state index contributed by atoms with van der Waals surface area (Å²) < 4.78 is 8.09. The number of rotatable bonds is 5. The molecule has 1 atom stereocenters. The number of carbonyl (C=O) groups is 1. The molecule has 2 aromatic carbocycles. The van der Waals surface area contributed by atoms with Gasteiger partial charge in [-0.3, -0.25) is 4.79 Å². The fourth-order valence-electron chi connectivity index (χ4n) is 3.40. The Labute approximate surface area is 168 Å². The van der Waals surface area contributed by atoms with Gasteiger partial charge in [0, 0.05) is 19.1 Å². The van der Waals surface area contributed by atoms with Crippen molar-refractivity contribution in [1.29, 1.82) is 0 Å². The third-order valence-electron chi connectivity index (χ3n) is 4.64. The number of amides is 1. The van der Waals surface area contributed by atoms with Gasteiger partial charge in [-0.25, -0.2) is 4.99 Å². The van der Waals surface area contributed by atoms with Gasteiger partial charge in [-0.2, -0.15) is 0 Å². The van der Waals surface area contributed by atoms with E-state index in [1.54, 1.807) is 0 Å². The summed E-state index contributed by atoms with van der Waals surface area (Å²) in [6.45, 7) is 3.05. The fraction of sp³-hybridized carbons (Fsp3) is 0.273. The summed E-state index contributed by atoms with van der Waals surface area (Å²) in [6.07, 6.45) is 2.29. The van der Waals surface area contributed by atoms with Gasteiger partial charge in [0.2, 0.25) is 5.91 Å². The second-order valence-corrected chi connectivity index (χ2v) is 7.78. The number of anilines is 1. The number of para-hydroxylation sites is 1. The molecule has 0 aliphatic carbocycles. The van der Waals surface area contributed by atoms with Crippen molar-refractivity contribution >= 4 is 27.9 Å². The number of thiazole rings is 1. The van der Waals surface area contributed by atoms with Crippen LogP contribution in [-0.4, -0.2) is 23.2 Å². The molecule has 1 amide bonds. The van der Waals surface area contributed by atoms with Crippen LogP contribution in [0.2, 0.25) is 0 Å². The molecule has 1 fully saturated rings. The average Bonchev–Trinajstić information content (AvgIpc) is 3.32. The lowest BCUT2D eigenvalue weighted by Gasteiger charge is -2.15. The zero-order valence-electron chi connectivity index (χ0n) is 15.8. The highest BCUT2D eigenvalue weighted by molar-refractivity contribution is 7.14. The van der Waals surface area contributed by atoms with Gasteiger partial charge < -0.3 is 14.6 Å². The van der Waals surface area contributed by atoms with Crippen molar-refractivity contribution in [2.75, 3.05) is 11.9 Å². The van der Waals surface area contributed by atoms with Crippen LogP contribution in [0.3, 0.4) is 0 Å². The van der Waals surface area contributed by atoms with Crippen molar-refractivity contribution in [2.45, 2.75) is 32.4 Å². The Kier molecular flexibility index (Phi) is 5.69. The highest BCUT2D eigenvalue weighted by atomic mass is 32.1. The molecule has 1 N–H and O–H groups in total. The van der Waals surface area contributed by atoms with E-state index in [4.69, 9.17) is 9.73 Å². The summed E-state index contributed by atoms with van der Waals surface area (Å²) in [5.74, 6) is -0.0889. The molecule has 0 spiro atoms. The molecular weight excluding hydrogens is 370 g/mol. The number of hydrogen-bond donors (Lipinski definition) is 1. The van der Waals surface area contributed by atoms with E-state index in [1.807, 2.05) is 48.5 Å². The predicted molar refractivity (Wildman–Crippen MR) is 113 cm³/mol. The molecule has 4 rings (SSSR count). The maximum Gasteiger partial charge on any atom is 0.221 e. The number of ether oxygens (including phenoxy) is 1. The standard InChI is InChI=1S/C22H23N3O2S/c1-16(26)23-21-20(17-9-4-2-5-10-17)25(15-19-13-8-14-27-19)22(28-21)24-18-11-6-3-7-12-18/h2-7,9-12,19H,8,13-15H2,1H3,(H,23,26). The Bertz CT molecular complexity index is 1000. The monoisotopic (exact) mass is 393 g/mol. The van der Waals surface area contributed by atoms with Gasteiger partial charge in [-0.15, -0.1) is 0 Å². The number of aromatic nitrogens is 1. The van der Waals surface area contributed by atoms with Gasteiger partial charge in [0.15, 0.2) is 4.80 Å². The van der Waals surface area contributed by atoms with Crippen LogP contribution in [-0.2, 0) is 16.1 Å². The van der Waals surface area contributed by atoms with Crippen LogP contribution in [0.4, 0.5) is 10.7 Å². The van der Waals surface area contributed by atoms with Gasteiger partial charge in [0.1, 0.15) is 5.00 Å². The maximum atomic E-state index is 11.9. The van der Waals surface area contributed by atoms with E-state index in [2.05, 4.69) is 22.0 Å². The smallest absolute Gasteiger partial charge is 0.221 e. The topological polar surface area (TPSA) is 55.6 Å². The van der Waals surface area contributed by atoms with Gasteiger partial charge in [-0.05, 0) is 25.0 Å². The number of nitrogens with one attached hydrogen (secondary N) is 1. The molecule has 28 heavy (non-hydrogen) atoms. The minimum Gasteiger partial charge on any atom is -0.376 e. The van der Waals surface area contributed by atoms with E-state index < -0.39 is 0 Å². The Morgan fingerprint density at radius 1 is 1.18 bits per heavy atom. The molecule has 6 heteroatoms. The van der Waals surface area contributed by atoms with Crippen LogP contribution in [0.15, 0.2) is 65.7 Å². The molecule has 3 aromatic rings.